The maximum atomic E-state index is 16.0. The number of rotatable bonds is 12. The zero-order valence-electron chi connectivity index (χ0n) is 23.0. The summed E-state index contributed by atoms with van der Waals surface area (Å²) in [6.07, 6.45) is -9.67. The molecule has 1 aliphatic rings. The van der Waals surface area contributed by atoms with Gasteiger partial charge in [0.1, 0.15) is 24.0 Å². The Morgan fingerprint density at radius 1 is 1.26 bits per heavy atom. The zero-order chi connectivity index (χ0) is 30.8. The molecular weight excluding hydrogens is 586 g/mol. The SMILES string of the molecule is CNc1nc(N)nc2c1ncn2[C@@H]1O[C@H](CO[P@@](=O)(NC(C)C(=O)OC(C)C)Oc2ccccc2)[C@@H](O)[C@]1(F)C(F)F. The van der Waals surface area contributed by atoms with Gasteiger partial charge in [-0.05, 0) is 32.9 Å². The van der Waals surface area contributed by atoms with Gasteiger partial charge in [0.15, 0.2) is 23.2 Å². The number of aromatic nitrogens is 4. The molecule has 0 amide bonds. The number of anilines is 2. The number of esters is 1. The van der Waals surface area contributed by atoms with E-state index in [2.05, 4.69) is 25.4 Å². The molecule has 18 heteroatoms. The van der Waals surface area contributed by atoms with Crippen molar-refractivity contribution in [3.63, 3.8) is 0 Å². The maximum Gasteiger partial charge on any atom is 0.459 e. The van der Waals surface area contributed by atoms with Crippen LogP contribution in [0, 0.1) is 0 Å². The first kappa shape index (κ1) is 31.4. The second kappa shape index (κ2) is 12.4. The highest BCUT2D eigenvalue weighted by atomic mass is 31.2. The highest BCUT2D eigenvalue weighted by molar-refractivity contribution is 7.52. The number of imidazole rings is 1. The minimum atomic E-state index is -4.49. The van der Waals surface area contributed by atoms with E-state index in [-0.39, 0.29) is 28.7 Å². The summed E-state index contributed by atoms with van der Waals surface area (Å²) in [5.41, 5.74) is 1.96. The van der Waals surface area contributed by atoms with Crippen molar-refractivity contribution in [2.45, 2.75) is 63.4 Å². The number of benzene rings is 1. The summed E-state index contributed by atoms with van der Waals surface area (Å²) >= 11 is 0. The molecule has 1 aliphatic heterocycles. The summed E-state index contributed by atoms with van der Waals surface area (Å²) in [6, 6.07) is 6.51. The third kappa shape index (κ3) is 6.29. The van der Waals surface area contributed by atoms with Crippen molar-refractivity contribution in [1.29, 1.82) is 0 Å². The molecular formula is C24H31F3N7O7P. The lowest BCUT2D eigenvalue weighted by atomic mass is 9.96. The van der Waals surface area contributed by atoms with Gasteiger partial charge in [-0.1, -0.05) is 18.2 Å². The number of aliphatic hydroxyl groups is 1. The van der Waals surface area contributed by atoms with E-state index in [4.69, 9.17) is 24.3 Å². The van der Waals surface area contributed by atoms with Gasteiger partial charge in [0.25, 0.3) is 6.43 Å². The molecule has 3 heterocycles. The van der Waals surface area contributed by atoms with Gasteiger partial charge in [0.2, 0.25) is 11.6 Å². The molecule has 4 rings (SSSR count). The van der Waals surface area contributed by atoms with Crippen LogP contribution < -0.4 is 20.7 Å². The number of ether oxygens (including phenoxy) is 2. The Morgan fingerprint density at radius 2 is 1.95 bits per heavy atom. The molecule has 1 fully saturated rings. The van der Waals surface area contributed by atoms with Gasteiger partial charge in [0.05, 0.1) is 19.0 Å². The number of nitrogens with one attached hydrogen (secondary N) is 2. The smallest absolute Gasteiger partial charge is 0.459 e. The molecule has 1 unspecified atom stereocenters. The van der Waals surface area contributed by atoms with Crippen LogP contribution in [0.15, 0.2) is 36.7 Å². The predicted octanol–water partition coefficient (Wildman–Crippen LogP) is 2.82. The first-order valence-corrected chi connectivity index (χ1v) is 14.3. The minimum absolute atomic E-state index is 0.0680. The molecule has 2 aromatic heterocycles. The van der Waals surface area contributed by atoms with Gasteiger partial charge in [-0.3, -0.25) is 13.9 Å². The highest BCUT2D eigenvalue weighted by Crippen LogP contribution is 2.50. The van der Waals surface area contributed by atoms with Gasteiger partial charge in [-0.15, -0.1) is 0 Å². The number of alkyl halides is 3. The average Bonchev–Trinajstić information content (AvgIpc) is 3.45. The molecule has 6 atom stereocenters. The number of nitrogens with two attached hydrogens (primary N) is 1. The summed E-state index contributed by atoms with van der Waals surface area (Å²) in [5, 5.41) is 15.9. The fraction of sp³-hybridized carbons (Fsp3) is 0.500. The first-order valence-electron chi connectivity index (χ1n) is 12.7. The molecule has 14 nitrogen and oxygen atoms in total. The molecule has 0 spiro atoms. The fourth-order valence-corrected chi connectivity index (χ4v) is 5.71. The van der Waals surface area contributed by atoms with Crippen LogP contribution in [0.25, 0.3) is 11.2 Å². The molecule has 5 N–H and O–H groups in total. The van der Waals surface area contributed by atoms with E-state index in [0.29, 0.717) is 0 Å². The second-order valence-corrected chi connectivity index (χ2v) is 11.3. The predicted molar refractivity (Wildman–Crippen MR) is 143 cm³/mol. The van der Waals surface area contributed by atoms with Crippen molar-refractivity contribution in [3.8, 4) is 5.75 Å². The fourth-order valence-electron chi connectivity index (χ4n) is 4.21. The van der Waals surface area contributed by atoms with Crippen molar-refractivity contribution in [2.24, 2.45) is 0 Å². The third-order valence-corrected chi connectivity index (χ3v) is 7.83. The quantitative estimate of drug-likeness (QED) is 0.172. The molecule has 230 valence electrons. The Morgan fingerprint density at radius 3 is 2.57 bits per heavy atom. The number of nitrogens with zero attached hydrogens (tertiary/aromatic N) is 4. The van der Waals surface area contributed by atoms with Crippen molar-refractivity contribution in [1.82, 2.24) is 24.6 Å². The molecule has 0 aliphatic carbocycles. The summed E-state index contributed by atoms with van der Waals surface area (Å²) in [4.78, 5) is 24.3. The Balaban J connectivity index is 1.62. The van der Waals surface area contributed by atoms with Crippen LogP contribution in [0.1, 0.15) is 27.0 Å². The summed E-state index contributed by atoms with van der Waals surface area (Å²) in [7, 11) is -2.98. The number of hydrogen-bond donors (Lipinski definition) is 4. The number of carbonyl (C=O) groups excluding carboxylic acids is 1. The van der Waals surface area contributed by atoms with Crippen LogP contribution in [0.3, 0.4) is 0 Å². The van der Waals surface area contributed by atoms with Crippen molar-refractivity contribution >= 4 is 36.6 Å². The zero-order valence-corrected chi connectivity index (χ0v) is 23.9. The van der Waals surface area contributed by atoms with Gasteiger partial charge < -0.3 is 30.2 Å². The lowest BCUT2D eigenvalue weighted by molar-refractivity contribution is -0.149. The number of aliphatic hydroxyl groups excluding tert-OH is 1. The third-order valence-electron chi connectivity index (χ3n) is 6.19. The Kier molecular flexibility index (Phi) is 9.27. The van der Waals surface area contributed by atoms with Crippen molar-refractivity contribution < 1.29 is 46.2 Å². The van der Waals surface area contributed by atoms with Crippen molar-refractivity contribution in [2.75, 3.05) is 24.7 Å². The number of nitrogen functional groups attached to an aromatic ring is 1. The van der Waals surface area contributed by atoms with E-state index in [0.717, 1.165) is 10.9 Å². The van der Waals surface area contributed by atoms with Gasteiger partial charge >= 0.3 is 13.7 Å². The molecule has 0 bridgehead atoms. The van der Waals surface area contributed by atoms with Gasteiger partial charge in [-0.2, -0.15) is 15.1 Å². The van der Waals surface area contributed by atoms with E-state index in [1.165, 1.54) is 26.1 Å². The Labute approximate surface area is 238 Å². The largest absolute Gasteiger partial charge is 0.462 e. The number of fused-ring (bicyclic) bond motifs is 1. The van der Waals surface area contributed by atoms with Gasteiger partial charge in [0, 0.05) is 7.05 Å². The number of halogens is 3. The first-order chi connectivity index (χ1) is 19.8. The monoisotopic (exact) mass is 617 g/mol. The lowest BCUT2D eigenvalue weighted by Gasteiger charge is -2.28. The molecule has 0 radical (unpaired) electrons. The standard InChI is InChI=1S/C24H31F3N7O7P/c1-12(2)39-20(36)13(3)33-42(37,41-14-8-6-5-7-9-14)38-10-15-17(35)24(27,21(25)26)22(40-15)34-11-30-16-18(29-4)31-23(28)32-19(16)34/h5-9,11-13,15,17,21-22,35H,10H2,1-4H3,(H,33,37)(H3,28,29,31,32)/t13?,15-,17-,22-,24+,42+/m1/s1. The number of carbonyl (C=O) groups is 1. The average molecular weight is 618 g/mol. The van der Waals surface area contributed by atoms with Crippen molar-refractivity contribution in [3.05, 3.63) is 36.7 Å². The Bertz CT molecular complexity index is 1450. The van der Waals surface area contributed by atoms with Crippen LogP contribution in [0.2, 0.25) is 0 Å². The number of para-hydroxylation sites is 1. The summed E-state index contributed by atoms with van der Waals surface area (Å²) in [6.45, 7) is 3.68. The van der Waals surface area contributed by atoms with Crippen LogP contribution in [0.5, 0.6) is 5.75 Å². The maximum absolute atomic E-state index is 16.0. The van der Waals surface area contributed by atoms with E-state index >= 15 is 4.39 Å². The molecule has 3 aromatic rings. The van der Waals surface area contributed by atoms with Crippen LogP contribution >= 0.6 is 7.75 Å². The Hall–Kier alpha value is -3.50. The molecule has 1 aromatic carbocycles. The van der Waals surface area contributed by atoms with Crippen LogP contribution in [-0.2, 0) is 23.4 Å². The van der Waals surface area contributed by atoms with Crippen LogP contribution in [-0.4, -0.2) is 80.7 Å². The topological polar surface area (TPSA) is 185 Å². The summed E-state index contributed by atoms with van der Waals surface area (Å²) < 4.78 is 80.7. The van der Waals surface area contributed by atoms with Crippen LogP contribution in [0.4, 0.5) is 24.9 Å². The van der Waals surface area contributed by atoms with E-state index < -0.39 is 63.0 Å². The normalized spacial score (nSPS) is 24.6. The van der Waals surface area contributed by atoms with E-state index in [1.54, 1.807) is 32.0 Å². The highest BCUT2D eigenvalue weighted by Gasteiger charge is 2.64. The van der Waals surface area contributed by atoms with E-state index in [9.17, 15) is 23.2 Å². The lowest BCUT2D eigenvalue weighted by Crippen LogP contribution is -2.49. The summed E-state index contributed by atoms with van der Waals surface area (Å²) in [5.74, 6) is -0.828. The molecule has 1 saturated heterocycles. The second-order valence-electron chi connectivity index (χ2n) is 9.64. The van der Waals surface area contributed by atoms with Gasteiger partial charge in [-0.25, -0.2) is 22.7 Å². The molecule has 0 saturated carbocycles. The number of hydrogen-bond acceptors (Lipinski definition) is 12. The van der Waals surface area contributed by atoms with E-state index in [1.807, 2.05) is 0 Å². The molecule has 42 heavy (non-hydrogen) atoms. The minimum Gasteiger partial charge on any atom is -0.462 e.